The number of likely N-dealkylation sites (N-methyl/N-ethyl adjacent to an activating group) is 1. The van der Waals surface area contributed by atoms with Crippen LogP contribution in [0.15, 0.2) is 36.5 Å². The summed E-state index contributed by atoms with van der Waals surface area (Å²) >= 11 is 12.8. The van der Waals surface area contributed by atoms with Crippen molar-refractivity contribution >= 4 is 40.5 Å². The molecule has 1 aliphatic heterocycles. The van der Waals surface area contributed by atoms with Gasteiger partial charge in [-0.25, -0.2) is 9.37 Å². The molecule has 3 aromatic rings. The summed E-state index contributed by atoms with van der Waals surface area (Å²) in [6.45, 7) is 7.60. The molecule has 0 unspecified atom stereocenters. The number of hydrogen-bond acceptors (Lipinski definition) is 4. The van der Waals surface area contributed by atoms with Gasteiger partial charge in [-0.2, -0.15) is 0 Å². The van der Waals surface area contributed by atoms with Crippen molar-refractivity contribution in [2.24, 2.45) is 0 Å². The van der Waals surface area contributed by atoms with Crippen LogP contribution in [0.2, 0.25) is 10.0 Å². The smallest absolute Gasteiger partial charge is 0.257 e. The van der Waals surface area contributed by atoms with Crippen molar-refractivity contribution in [3.63, 3.8) is 0 Å². The quantitative estimate of drug-likeness (QED) is 0.457. The Labute approximate surface area is 209 Å². The second kappa shape index (κ2) is 9.94. The Morgan fingerprint density at radius 1 is 1.18 bits per heavy atom. The lowest BCUT2D eigenvalue weighted by Gasteiger charge is -2.43. The first-order chi connectivity index (χ1) is 16.2. The zero-order chi connectivity index (χ0) is 24.6. The zero-order valence-electron chi connectivity index (χ0n) is 19.6. The number of halogens is 3. The molecule has 0 radical (unpaired) electrons. The number of anilines is 2. The fraction of sp³-hybridized carbons (Fsp3) is 0.360. The lowest BCUT2D eigenvalue weighted by Crippen LogP contribution is -2.55. The van der Waals surface area contributed by atoms with Crippen molar-refractivity contribution in [1.29, 1.82) is 0 Å². The molecule has 0 spiro atoms. The highest BCUT2D eigenvalue weighted by atomic mass is 35.5. The highest BCUT2D eigenvalue weighted by molar-refractivity contribution is 6.35. The number of nitrogens with zero attached hydrogens (tertiary/aromatic N) is 3. The highest BCUT2D eigenvalue weighted by Gasteiger charge is 2.29. The van der Waals surface area contributed by atoms with E-state index in [4.69, 9.17) is 23.2 Å². The molecule has 1 amide bonds. The second-order valence-corrected chi connectivity index (χ2v) is 9.63. The van der Waals surface area contributed by atoms with Crippen LogP contribution in [0.4, 0.5) is 15.8 Å². The van der Waals surface area contributed by atoms with Crippen molar-refractivity contribution < 1.29 is 9.18 Å². The Hall–Kier alpha value is -2.61. The Kier molecular flexibility index (Phi) is 7.17. The van der Waals surface area contributed by atoms with Crippen LogP contribution in [0.5, 0.6) is 0 Å². The van der Waals surface area contributed by atoms with Gasteiger partial charge in [0.25, 0.3) is 5.91 Å². The Morgan fingerprint density at radius 3 is 2.53 bits per heavy atom. The number of benzene rings is 2. The van der Waals surface area contributed by atoms with E-state index in [-0.39, 0.29) is 22.7 Å². The van der Waals surface area contributed by atoms with E-state index < -0.39 is 11.7 Å². The van der Waals surface area contributed by atoms with Gasteiger partial charge >= 0.3 is 0 Å². The van der Waals surface area contributed by atoms with Crippen LogP contribution in [-0.2, 0) is 6.42 Å². The fourth-order valence-electron chi connectivity index (χ4n) is 4.21. The third kappa shape index (κ3) is 4.92. The van der Waals surface area contributed by atoms with E-state index in [1.54, 1.807) is 30.5 Å². The molecule has 1 aliphatic rings. The van der Waals surface area contributed by atoms with Crippen molar-refractivity contribution in [3.8, 4) is 11.4 Å². The number of rotatable bonds is 5. The van der Waals surface area contributed by atoms with Crippen LogP contribution in [-0.4, -0.2) is 53.0 Å². The summed E-state index contributed by atoms with van der Waals surface area (Å²) in [7, 11) is 2.07. The van der Waals surface area contributed by atoms with Crippen LogP contribution in [0.1, 0.15) is 36.8 Å². The molecular formula is C25H28Cl2FN5O. The van der Waals surface area contributed by atoms with Crippen LogP contribution >= 0.6 is 23.2 Å². The minimum atomic E-state index is -0.502. The number of imidazole rings is 1. The molecule has 34 heavy (non-hydrogen) atoms. The van der Waals surface area contributed by atoms with Crippen LogP contribution < -0.4 is 10.2 Å². The van der Waals surface area contributed by atoms with Gasteiger partial charge in [0.2, 0.25) is 0 Å². The van der Waals surface area contributed by atoms with E-state index in [1.807, 2.05) is 11.8 Å². The van der Waals surface area contributed by atoms with Gasteiger partial charge in [0, 0.05) is 48.3 Å². The van der Waals surface area contributed by atoms with Gasteiger partial charge in [-0.3, -0.25) is 9.69 Å². The average molecular weight is 504 g/mol. The first-order valence-electron chi connectivity index (χ1n) is 11.3. The van der Waals surface area contributed by atoms with E-state index in [9.17, 15) is 4.79 Å². The number of aromatic amines is 1. The summed E-state index contributed by atoms with van der Waals surface area (Å²) in [6, 6.07) is 8.37. The third-order valence-electron chi connectivity index (χ3n) is 6.47. The van der Waals surface area contributed by atoms with Gasteiger partial charge in [0.1, 0.15) is 11.6 Å². The Bertz CT molecular complexity index is 1200. The zero-order valence-corrected chi connectivity index (χ0v) is 21.1. The van der Waals surface area contributed by atoms with Gasteiger partial charge in [-0.05, 0) is 57.6 Å². The maximum absolute atomic E-state index is 15.1. The molecule has 0 saturated carbocycles. The summed E-state index contributed by atoms with van der Waals surface area (Å²) in [6.07, 6.45) is 2.57. The SMILES string of the molecule is CCc1cnc(-c2cc(NC(=O)c3cc(F)c(N4C[C@@H](C)N(C)[C@@H](C)C4)cc3Cl)ccc2Cl)[nH]1. The molecule has 1 aromatic heterocycles. The topological polar surface area (TPSA) is 64.3 Å². The average Bonchev–Trinajstić information content (AvgIpc) is 3.28. The molecule has 4 rings (SSSR count). The number of H-pyrrole nitrogens is 1. The largest absolute Gasteiger partial charge is 0.366 e. The van der Waals surface area contributed by atoms with E-state index in [1.165, 1.54) is 6.07 Å². The molecule has 1 fully saturated rings. The third-order valence-corrected chi connectivity index (χ3v) is 7.11. The van der Waals surface area contributed by atoms with Gasteiger partial charge in [0.05, 0.1) is 21.3 Å². The monoisotopic (exact) mass is 503 g/mol. The van der Waals surface area contributed by atoms with E-state index >= 15 is 4.39 Å². The van der Waals surface area contributed by atoms with E-state index in [2.05, 4.69) is 41.1 Å². The molecule has 6 nitrogen and oxygen atoms in total. The summed E-state index contributed by atoms with van der Waals surface area (Å²) in [5.41, 5.74) is 2.62. The number of nitrogens with one attached hydrogen (secondary N) is 2. The van der Waals surface area contributed by atoms with E-state index in [0.717, 1.165) is 12.1 Å². The molecule has 2 aromatic carbocycles. The minimum Gasteiger partial charge on any atom is -0.366 e. The summed E-state index contributed by atoms with van der Waals surface area (Å²) in [5.74, 6) is -0.363. The summed E-state index contributed by atoms with van der Waals surface area (Å²) in [4.78, 5) is 24.8. The molecule has 0 aliphatic carbocycles. The van der Waals surface area contributed by atoms with Crippen LogP contribution in [0.25, 0.3) is 11.4 Å². The minimum absolute atomic E-state index is 0.0703. The summed E-state index contributed by atoms with van der Waals surface area (Å²) in [5, 5.41) is 3.49. The molecule has 2 N–H and O–H groups in total. The summed E-state index contributed by atoms with van der Waals surface area (Å²) < 4.78 is 15.1. The maximum Gasteiger partial charge on any atom is 0.257 e. The predicted molar refractivity (Wildman–Crippen MR) is 137 cm³/mol. The van der Waals surface area contributed by atoms with Crippen LogP contribution in [0.3, 0.4) is 0 Å². The standard InChI is InChI=1S/C25H28Cl2FN5O/c1-5-16-11-29-24(30-16)18-8-17(6-7-20(18)26)31-25(34)19-9-22(28)23(10-21(19)27)33-12-14(2)32(4)15(3)13-33/h6-11,14-15H,5,12-13H2,1-4H3,(H,29,30)(H,31,34)/t14-,15+. The number of aryl methyl sites for hydroxylation is 1. The molecule has 9 heteroatoms. The van der Waals surface area contributed by atoms with Crippen molar-refractivity contribution in [2.45, 2.75) is 39.3 Å². The van der Waals surface area contributed by atoms with Gasteiger partial charge in [0.15, 0.2) is 0 Å². The molecule has 2 atom stereocenters. The number of piperazine rings is 1. The van der Waals surface area contributed by atoms with Crippen molar-refractivity contribution in [2.75, 3.05) is 30.4 Å². The first-order valence-corrected chi connectivity index (χ1v) is 12.0. The molecular weight excluding hydrogens is 476 g/mol. The number of carbonyl (C=O) groups excluding carboxylic acids is 1. The molecule has 2 heterocycles. The number of hydrogen-bond donors (Lipinski definition) is 2. The van der Waals surface area contributed by atoms with Crippen molar-refractivity contribution in [3.05, 3.63) is 63.6 Å². The normalized spacial score (nSPS) is 18.9. The second-order valence-electron chi connectivity index (χ2n) is 8.81. The predicted octanol–water partition coefficient (Wildman–Crippen LogP) is 5.87. The maximum atomic E-state index is 15.1. The van der Waals surface area contributed by atoms with Crippen molar-refractivity contribution in [1.82, 2.24) is 14.9 Å². The van der Waals surface area contributed by atoms with Crippen LogP contribution in [0, 0.1) is 5.82 Å². The molecule has 180 valence electrons. The first kappa shape index (κ1) is 24.5. The van der Waals surface area contributed by atoms with Gasteiger partial charge in [-0.15, -0.1) is 0 Å². The molecule has 1 saturated heterocycles. The Morgan fingerprint density at radius 2 is 1.88 bits per heavy atom. The lowest BCUT2D eigenvalue weighted by molar-refractivity contribution is 0.102. The number of carbonyl (C=O) groups is 1. The number of amides is 1. The van der Waals surface area contributed by atoms with Gasteiger partial charge in [-0.1, -0.05) is 30.1 Å². The van der Waals surface area contributed by atoms with Gasteiger partial charge < -0.3 is 15.2 Å². The Balaban J connectivity index is 1.56. The van der Waals surface area contributed by atoms with E-state index in [0.29, 0.717) is 40.9 Å². The highest BCUT2D eigenvalue weighted by Crippen LogP contribution is 2.32. The number of aromatic nitrogens is 2. The lowest BCUT2D eigenvalue weighted by atomic mass is 10.1. The fourth-order valence-corrected chi connectivity index (χ4v) is 4.66. The molecule has 0 bridgehead atoms.